The number of sulfonamides is 1. The molecule has 0 aliphatic heterocycles. The predicted molar refractivity (Wildman–Crippen MR) is 66.3 cm³/mol. The molecule has 1 aromatic carbocycles. The Morgan fingerprint density at radius 2 is 2.05 bits per heavy atom. The van der Waals surface area contributed by atoms with E-state index in [4.69, 9.17) is 0 Å². The molecule has 0 aromatic heterocycles. The molecule has 103 valence electrons. The molecule has 0 spiro atoms. The molecule has 0 bridgehead atoms. The fourth-order valence-electron chi connectivity index (χ4n) is 1.44. The van der Waals surface area contributed by atoms with Crippen LogP contribution in [-0.4, -0.2) is 20.7 Å². The third kappa shape index (κ3) is 5.14. The van der Waals surface area contributed by atoms with E-state index < -0.39 is 21.7 Å². The first-order chi connectivity index (χ1) is 8.87. The molecule has 0 atom stereocenters. The molecule has 3 nitrogen and oxygen atoms in total. The first kappa shape index (κ1) is 16.5. The molecule has 1 N–H and O–H groups in total. The van der Waals surface area contributed by atoms with Gasteiger partial charge in [-0.3, -0.25) is 0 Å². The first-order valence-corrected chi connectivity index (χ1v) is 8.07. The van der Waals surface area contributed by atoms with E-state index in [2.05, 4.69) is 11.3 Å². The molecule has 0 aliphatic rings. The van der Waals surface area contributed by atoms with Crippen molar-refractivity contribution < 1.29 is 37.6 Å². The zero-order chi connectivity index (χ0) is 14.5. The van der Waals surface area contributed by atoms with Crippen LogP contribution in [0, 0.1) is 11.6 Å². The van der Waals surface area contributed by atoms with Gasteiger partial charge in [-0.2, -0.15) is 0 Å². The summed E-state index contributed by atoms with van der Waals surface area (Å²) in [5, 5.41) is 0. The normalized spacial score (nSPS) is 11.4. The summed E-state index contributed by atoms with van der Waals surface area (Å²) in [7, 11) is -3.36. The summed E-state index contributed by atoms with van der Waals surface area (Å²) in [5.41, 5.74) is 0.297. The summed E-state index contributed by atoms with van der Waals surface area (Å²) in [6, 6.07) is 2.51. The Morgan fingerprint density at radius 1 is 1.37 bits per heavy atom. The molecule has 0 saturated heterocycles. The van der Waals surface area contributed by atoms with Gasteiger partial charge in [-0.05, 0) is 0 Å². The summed E-state index contributed by atoms with van der Waals surface area (Å²) >= 11 is 1.35. The van der Waals surface area contributed by atoms with Gasteiger partial charge in [0.1, 0.15) is 0 Å². The van der Waals surface area contributed by atoms with Crippen LogP contribution in [0.3, 0.4) is 0 Å². The molecular weight excluding hydrogens is 308 g/mol. The van der Waals surface area contributed by atoms with Crippen molar-refractivity contribution >= 4 is 13.9 Å². The van der Waals surface area contributed by atoms with Crippen LogP contribution in [0.2, 0.25) is 0 Å². The van der Waals surface area contributed by atoms with Crippen LogP contribution >= 0.6 is 0 Å². The number of hydrogen-bond acceptors (Lipinski definition) is 2. The maximum absolute atomic E-state index is 13.7. The van der Waals surface area contributed by atoms with Gasteiger partial charge in [0.05, 0.1) is 0 Å². The Hall–Kier alpha value is -0.556. The van der Waals surface area contributed by atoms with Gasteiger partial charge in [0.25, 0.3) is 0 Å². The van der Waals surface area contributed by atoms with Gasteiger partial charge in [0, 0.05) is 0 Å². The Labute approximate surface area is 123 Å². The quantitative estimate of drug-likeness (QED) is 0.605. The van der Waals surface area contributed by atoms with E-state index in [1.807, 2.05) is 0 Å². The fraction of sp³-hybridized carbons (Fsp3) is 0.333. The molecule has 0 heterocycles. The molecule has 0 aliphatic carbocycles. The number of rotatable bonds is 7. The number of hydrogen-bond donors (Lipinski definition) is 1. The molecule has 0 radical (unpaired) electrons. The SMILES string of the molecule is C=CCCS(=O)(=O)NCCc1ccc(F)[c]([Ti])c1F. The predicted octanol–water partition coefficient (Wildman–Crippen LogP) is 1.17. The molecule has 7 heteroatoms. The summed E-state index contributed by atoms with van der Waals surface area (Å²) in [5.74, 6) is -1.26. The topological polar surface area (TPSA) is 46.2 Å². The van der Waals surface area contributed by atoms with E-state index in [0.717, 1.165) is 0 Å². The number of halogens is 2. The van der Waals surface area contributed by atoms with Crippen molar-refractivity contribution in [1.29, 1.82) is 0 Å². The Bertz CT molecular complexity index is 561. The van der Waals surface area contributed by atoms with E-state index in [-0.39, 0.29) is 22.6 Å². The summed E-state index contributed by atoms with van der Waals surface area (Å²) in [6.07, 6.45) is 2.06. The minimum atomic E-state index is -3.36. The second-order valence-corrected chi connectivity index (χ2v) is 6.64. The van der Waals surface area contributed by atoms with Gasteiger partial charge < -0.3 is 0 Å². The van der Waals surface area contributed by atoms with Gasteiger partial charge in [-0.15, -0.1) is 0 Å². The average Bonchev–Trinajstić information content (AvgIpc) is 2.36. The molecule has 0 saturated carbocycles. The van der Waals surface area contributed by atoms with Gasteiger partial charge >= 0.3 is 123 Å². The Kier molecular flexibility index (Phi) is 6.33. The standard InChI is InChI=1S/C12H14F2NO2S.Ti/c1-2-3-8-18(16,17)15-7-6-10-4-5-11(13)9-12(10)14;/h2,4-5,15H,1,3,6-8H2;. The van der Waals surface area contributed by atoms with Gasteiger partial charge in [0.15, 0.2) is 0 Å². The summed E-state index contributed by atoms with van der Waals surface area (Å²) in [6.45, 7) is 3.53. The molecular formula is C12H14F2NO2STi. The zero-order valence-corrected chi connectivity index (χ0v) is 12.6. The molecule has 1 aromatic rings. The number of nitrogens with one attached hydrogen (secondary N) is 1. The second kappa shape index (κ2) is 7.29. The molecule has 0 unspecified atom stereocenters. The van der Waals surface area contributed by atoms with Crippen molar-refractivity contribution in [3.8, 4) is 0 Å². The zero-order valence-electron chi connectivity index (χ0n) is 10.2. The van der Waals surface area contributed by atoms with Crippen LogP contribution in [0.4, 0.5) is 8.78 Å². The van der Waals surface area contributed by atoms with Crippen molar-refractivity contribution in [2.45, 2.75) is 12.8 Å². The molecule has 1 rings (SSSR count). The van der Waals surface area contributed by atoms with E-state index in [0.29, 0.717) is 12.0 Å². The maximum atomic E-state index is 13.7. The van der Waals surface area contributed by atoms with Crippen LogP contribution in [0.15, 0.2) is 24.8 Å². The van der Waals surface area contributed by atoms with Crippen molar-refractivity contribution in [2.75, 3.05) is 12.3 Å². The van der Waals surface area contributed by atoms with Gasteiger partial charge in [0.2, 0.25) is 0 Å². The molecule has 19 heavy (non-hydrogen) atoms. The fourth-order valence-corrected chi connectivity index (χ4v) is 2.86. The first-order valence-electron chi connectivity index (χ1n) is 5.64. The third-order valence-electron chi connectivity index (χ3n) is 2.48. The van der Waals surface area contributed by atoms with Crippen LogP contribution < -0.4 is 8.59 Å². The van der Waals surface area contributed by atoms with Gasteiger partial charge in [-0.25, -0.2) is 0 Å². The summed E-state index contributed by atoms with van der Waals surface area (Å²) < 4.78 is 52.0. The van der Waals surface area contributed by atoms with Crippen molar-refractivity contribution in [3.63, 3.8) is 0 Å². The Balaban J connectivity index is 2.59. The van der Waals surface area contributed by atoms with Crippen LogP contribution in [0.25, 0.3) is 0 Å². The van der Waals surface area contributed by atoms with E-state index in [1.54, 1.807) is 0 Å². The third-order valence-corrected chi connectivity index (χ3v) is 4.61. The minimum absolute atomic E-state index is 0.0403. The molecule has 0 amide bonds. The van der Waals surface area contributed by atoms with Crippen molar-refractivity contribution in [2.24, 2.45) is 0 Å². The number of benzene rings is 1. The second-order valence-electron chi connectivity index (χ2n) is 3.94. The van der Waals surface area contributed by atoms with E-state index >= 15 is 0 Å². The average molecular weight is 322 g/mol. The van der Waals surface area contributed by atoms with Crippen LogP contribution in [0.5, 0.6) is 0 Å². The van der Waals surface area contributed by atoms with Crippen molar-refractivity contribution in [3.05, 3.63) is 42.0 Å². The van der Waals surface area contributed by atoms with Crippen LogP contribution in [-0.2, 0) is 36.9 Å². The Morgan fingerprint density at radius 3 is 2.68 bits per heavy atom. The van der Waals surface area contributed by atoms with E-state index in [1.165, 1.54) is 38.6 Å². The number of allylic oxidation sites excluding steroid dienone is 1. The van der Waals surface area contributed by atoms with E-state index in [9.17, 15) is 17.2 Å². The van der Waals surface area contributed by atoms with Crippen LogP contribution in [0.1, 0.15) is 12.0 Å². The molecule has 0 fully saturated rings. The van der Waals surface area contributed by atoms with Gasteiger partial charge in [-0.1, -0.05) is 0 Å². The monoisotopic (exact) mass is 322 g/mol. The van der Waals surface area contributed by atoms with Crippen molar-refractivity contribution in [1.82, 2.24) is 4.72 Å². The summed E-state index contributed by atoms with van der Waals surface area (Å²) in [4.78, 5) is 0.